The van der Waals surface area contributed by atoms with Gasteiger partial charge in [-0.3, -0.25) is 15.6 Å². The number of anilines is 1. The summed E-state index contributed by atoms with van der Waals surface area (Å²) >= 11 is 0. The van der Waals surface area contributed by atoms with Gasteiger partial charge >= 0.3 is 12.4 Å². The summed E-state index contributed by atoms with van der Waals surface area (Å²) in [4.78, 5) is 11.9. The van der Waals surface area contributed by atoms with Crippen molar-refractivity contribution < 1.29 is 35.5 Å². The maximum absolute atomic E-state index is 13.8. The van der Waals surface area contributed by atoms with Gasteiger partial charge < -0.3 is 0 Å². The Morgan fingerprint density at radius 1 is 0.926 bits per heavy atom. The van der Waals surface area contributed by atoms with Crippen LogP contribution in [0.2, 0.25) is 0 Å². The first-order valence-corrected chi connectivity index (χ1v) is 6.98. The Morgan fingerprint density at radius 2 is 1.52 bits per heavy atom. The van der Waals surface area contributed by atoms with Gasteiger partial charge in [-0.15, -0.1) is 0 Å². The third-order valence-corrected chi connectivity index (χ3v) is 3.33. The number of rotatable bonds is 3. The van der Waals surface area contributed by atoms with Crippen molar-refractivity contribution in [2.24, 2.45) is 0 Å². The van der Waals surface area contributed by atoms with Gasteiger partial charge in [-0.25, -0.2) is 4.39 Å². The number of benzene rings is 2. The molecule has 0 aromatic heterocycles. The fraction of sp³-hybridized carbons (Fsp3) is 0.125. The minimum absolute atomic E-state index is 0.279. The van der Waals surface area contributed by atoms with E-state index in [4.69, 9.17) is 5.26 Å². The Kier molecular flexibility index (Phi) is 5.30. The van der Waals surface area contributed by atoms with E-state index in [2.05, 4.69) is 0 Å². The van der Waals surface area contributed by atoms with Crippen LogP contribution in [0.4, 0.5) is 36.4 Å². The molecule has 0 aliphatic carbocycles. The molecule has 0 heterocycles. The van der Waals surface area contributed by atoms with Crippen molar-refractivity contribution in [3.63, 3.8) is 0 Å². The lowest BCUT2D eigenvalue weighted by atomic mass is 10.1. The first-order valence-electron chi connectivity index (χ1n) is 6.98. The lowest BCUT2D eigenvalue weighted by molar-refractivity contribution is -0.139. The minimum atomic E-state index is -5.17. The fourth-order valence-electron chi connectivity index (χ4n) is 2.05. The smallest absolute Gasteiger partial charge is 0.298 e. The normalized spacial score (nSPS) is 11.6. The monoisotopic (exact) mass is 391 g/mol. The molecule has 0 atom stereocenters. The minimum Gasteiger partial charge on any atom is -0.298 e. The number of nitrogens with zero attached hydrogens (tertiary/aromatic N) is 1. The van der Waals surface area contributed by atoms with Crippen LogP contribution in [0.15, 0.2) is 36.4 Å². The maximum Gasteiger partial charge on any atom is 0.421 e. The number of nitrogens with one attached hydrogen (secondary N) is 2. The molecule has 2 rings (SSSR count). The van der Waals surface area contributed by atoms with Crippen LogP contribution in [-0.4, -0.2) is 5.91 Å². The van der Waals surface area contributed by atoms with Crippen LogP contribution < -0.4 is 10.9 Å². The highest BCUT2D eigenvalue weighted by molar-refractivity contribution is 5.95. The van der Waals surface area contributed by atoms with Gasteiger partial charge in [-0.1, -0.05) is 0 Å². The number of amides is 1. The summed E-state index contributed by atoms with van der Waals surface area (Å²) in [7, 11) is 0. The summed E-state index contributed by atoms with van der Waals surface area (Å²) < 4.78 is 90.3. The van der Waals surface area contributed by atoms with Gasteiger partial charge in [-0.05, 0) is 36.4 Å². The molecule has 4 nitrogen and oxygen atoms in total. The van der Waals surface area contributed by atoms with Crippen LogP contribution >= 0.6 is 0 Å². The molecule has 0 saturated heterocycles. The number of nitriles is 1. The Morgan fingerprint density at radius 3 is 2.00 bits per heavy atom. The molecule has 0 aliphatic rings. The first kappa shape index (κ1) is 20.0. The molecule has 0 aliphatic heterocycles. The highest BCUT2D eigenvalue weighted by Crippen LogP contribution is 2.37. The van der Waals surface area contributed by atoms with Crippen molar-refractivity contribution in [2.45, 2.75) is 12.4 Å². The average molecular weight is 391 g/mol. The van der Waals surface area contributed by atoms with Gasteiger partial charge in [0.25, 0.3) is 5.91 Å². The van der Waals surface area contributed by atoms with Gasteiger partial charge in [0.1, 0.15) is 11.6 Å². The van der Waals surface area contributed by atoms with E-state index in [0.29, 0.717) is 12.1 Å². The molecule has 1 amide bonds. The fourth-order valence-corrected chi connectivity index (χ4v) is 2.05. The van der Waals surface area contributed by atoms with Gasteiger partial charge in [0.15, 0.2) is 5.82 Å². The molecule has 0 saturated carbocycles. The Labute approximate surface area is 147 Å². The van der Waals surface area contributed by atoms with E-state index in [-0.39, 0.29) is 5.56 Å². The van der Waals surface area contributed by atoms with Crippen molar-refractivity contribution in [2.75, 3.05) is 5.43 Å². The molecule has 2 aromatic carbocycles. The molecule has 0 radical (unpaired) electrons. The number of carbonyl (C=O) groups is 1. The van der Waals surface area contributed by atoms with Gasteiger partial charge in [0, 0.05) is 5.56 Å². The van der Waals surface area contributed by atoms with E-state index in [9.17, 15) is 35.5 Å². The number of hydrazine groups is 1. The standard InChI is InChI=1S/C16H8F7N3O/c17-13-9(7-24)3-6-11(12(13)16(21,22)23)25-26-14(27)8-1-4-10(5-2-8)15(18,19)20/h1-6,25H,(H,26,27). The molecule has 2 N–H and O–H groups in total. The van der Waals surface area contributed by atoms with Gasteiger partial charge in [0.2, 0.25) is 0 Å². The Balaban J connectivity index is 2.23. The molecule has 0 fully saturated rings. The van der Waals surface area contributed by atoms with E-state index >= 15 is 0 Å². The second-order valence-electron chi connectivity index (χ2n) is 5.11. The second-order valence-corrected chi connectivity index (χ2v) is 5.11. The third kappa shape index (κ3) is 4.46. The molecule has 0 unspecified atom stereocenters. The van der Waals surface area contributed by atoms with Crippen LogP contribution in [0.1, 0.15) is 27.0 Å². The number of halogens is 7. The van der Waals surface area contributed by atoms with Crippen molar-refractivity contribution >= 4 is 11.6 Å². The quantitative estimate of drug-likeness (QED) is 0.599. The molecule has 142 valence electrons. The van der Waals surface area contributed by atoms with Crippen molar-refractivity contribution in [1.29, 1.82) is 5.26 Å². The zero-order valence-corrected chi connectivity index (χ0v) is 13.0. The van der Waals surface area contributed by atoms with Crippen molar-refractivity contribution in [3.05, 3.63) is 64.5 Å². The molecule has 0 spiro atoms. The number of hydrogen-bond acceptors (Lipinski definition) is 3. The SMILES string of the molecule is N#Cc1ccc(NNC(=O)c2ccc(C(F)(F)F)cc2)c(C(F)(F)F)c1F. The zero-order valence-electron chi connectivity index (χ0n) is 13.0. The van der Waals surface area contributed by atoms with Crippen LogP contribution in [0, 0.1) is 17.1 Å². The molecule has 0 bridgehead atoms. The maximum atomic E-state index is 13.8. The Hall–Kier alpha value is -3.29. The number of carbonyl (C=O) groups excluding carboxylic acids is 1. The number of hydrogen-bond donors (Lipinski definition) is 2. The van der Waals surface area contributed by atoms with E-state index < -0.39 is 46.5 Å². The molecule has 27 heavy (non-hydrogen) atoms. The molecule has 11 heteroatoms. The molecular formula is C16H8F7N3O. The third-order valence-electron chi connectivity index (χ3n) is 3.33. The summed E-state index contributed by atoms with van der Waals surface area (Å²) in [5.41, 5.74) is -1.12. The van der Waals surface area contributed by atoms with Gasteiger partial charge in [0.05, 0.1) is 16.8 Å². The zero-order chi connectivity index (χ0) is 20.4. The van der Waals surface area contributed by atoms with Crippen LogP contribution in [-0.2, 0) is 12.4 Å². The predicted molar refractivity (Wildman–Crippen MR) is 78.6 cm³/mol. The molecular weight excluding hydrogens is 383 g/mol. The lowest BCUT2D eigenvalue weighted by Crippen LogP contribution is -2.31. The largest absolute Gasteiger partial charge is 0.421 e. The average Bonchev–Trinajstić information content (AvgIpc) is 2.57. The van der Waals surface area contributed by atoms with Crippen molar-refractivity contribution in [3.8, 4) is 6.07 Å². The van der Waals surface area contributed by atoms with Crippen LogP contribution in [0.3, 0.4) is 0 Å². The van der Waals surface area contributed by atoms with Crippen LogP contribution in [0.25, 0.3) is 0 Å². The summed E-state index contributed by atoms with van der Waals surface area (Å²) in [5, 5.41) is 8.62. The summed E-state index contributed by atoms with van der Waals surface area (Å²) in [6, 6.07) is 5.66. The number of alkyl halides is 6. The summed E-state index contributed by atoms with van der Waals surface area (Å²) in [5.74, 6) is -2.87. The topological polar surface area (TPSA) is 64.9 Å². The predicted octanol–water partition coefficient (Wildman–Crippen LogP) is 4.49. The highest BCUT2D eigenvalue weighted by Gasteiger charge is 2.38. The summed E-state index contributed by atoms with van der Waals surface area (Å²) in [6.45, 7) is 0. The van der Waals surface area contributed by atoms with Crippen molar-refractivity contribution in [1.82, 2.24) is 5.43 Å². The van der Waals surface area contributed by atoms with E-state index in [1.807, 2.05) is 10.9 Å². The first-order chi connectivity index (χ1) is 12.4. The van der Waals surface area contributed by atoms with Gasteiger partial charge in [-0.2, -0.15) is 31.6 Å². The second kappa shape index (κ2) is 7.14. The molecule has 2 aromatic rings. The van der Waals surface area contributed by atoms with Crippen LogP contribution in [0.5, 0.6) is 0 Å². The van der Waals surface area contributed by atoms with E-state index in [0.717, 1.165) is 24.3 Å². The lowest BCUT2D eigenvalue weighted by Gasteiger charge is -2.16. The van der Waals surface area contributed by atoms with E-state index in [1.165, 1.54) is 6.07 Å². The van der Waals surface area contributed by atoms with E-state index in [1.54, 1.807) is 0 Å². The highest BCUT2D eigenvalue weighted by atomic mass is 19.4. The summed E-state index contributed by atoms with van der Waals surface area (Å²) in [6.07, 6.45) is -9.78. The Bertz CT molecular complexity index is 896.